The Hall–Kier alpha value is -3.24. The fourth-order valence-corrected chi connectivity index (χ4v) is 6.94. The third-order valence-electron chi connectivity index (χ3n) is 6.77. The minimum Gasteiger partial charge on any atom is -0.494 e. The number of hydrogen-bond acceptors (Lipinski definition) is 6. The molecule has 4 rings (SSSR count). The maximum atomic E-state index is 14.0. The van der Waals surface area contributed by atoms with E-state index < -0.39 is 27.9 Å². The van der Waals surface area contributed by atoms with E-state index in [2.05, 4.69) is 5.32 Å². The highest BCUT2D eigenvalue weighted by atomic mass is 32.2. The number of ether oxygens (including phenoxy) is 1. The molecule has 0 bridgehead atoms. The van der Waals surface area contributed by atoms with Gasteiger partial charge in [0, 0.05) is 18.7 Å². The van der Waals surface area contributed by atoms with E-state index in [4.69, 9.17) is 4.74 Å². The summed E-state index contributed by atoms with van der Waals surface area (Å²) in [6.07, 6.45) is 4.77. The highest BCUT2D eigenvalue weighted by Crippen LogP contribution is 2.35. The summed E-state index contributed by atoms with van der Waals surface area (Å²) in [5, 5.41) is 2.63. The number of rotatable bonds is 8. The van der Waals surface area contributed by atoms with Crippen molar-refractivity contribution < 1.29 is 27.5 Å². The minimum absolute atomic E-state index is 0.0191. The molecular formula is C27H33N3O6S. The molecule has 2 aromatic carbocycles. The van der Waals surface area contributed by atoms with Crippen molar-refractivity contribution in [1.29, 1.82) is 0 Å². The fourth-order valence-electron chi connectivity index (χ4n) is 5.11. The topological polar surface area (TPSA) is 113 Å². The van der Waals surface area contributed by atoms with Crippen LogP contribution in [0.4, 0.5) is 11.4 Å². The third kappa shape index (κ3) is 5.86. The number of benzene rings is 2. The second kappa shape index (κ2) is 11.4. The first-order valence-corrected chi connectivity index (χ1v) is 14.2. The summed E-state index contributed by atoms with van der Waals surface area (Å²) in [4.78, 5) is 39.2. The molecule has 0 spiro atoms. The molecule has 3 amide bonds. The van der Waals surface area contributed by atoms with Gasteiger partial charge in [-0.3, -0.25) is 14.4 Å². The quantitative estimate of drug-likeness (QED) is 0.409. The molecule has 1 aliphatic heterocycles. The van der Waals surface area contributed by atoms with Crippen molar-refractivity contribution in [2.24, 2.45) is 0 Å². The Kier molecular flexibility index (Phi) is 8.29. The average molecular weight is 528 g/mol. The zero-order chi connectivity index (χ0) is 26.6. The minimum atomic E-state index is -4.12. The van der Waals surface area contributed by atoms with Crippen LogP contribution in [-0.4, -0.2) is 49.1 Å². The molecule has 0 radical (unpaired) electrons. The van der Waals surface area contributed by atoms with Crippen molar-refractivity contribution in [1.82, 2.24) is 4.31 Å². The van der Waals surface area contributed by atoms with Crippen LogP contribution in [0.1, 0.15) is 58.8 Å². The molecular weight excluding hydrogens is 494 g/mol. The van der Waals surface area contributed by atoms with Gasteiger partial charge in [-0.05, 0) is 68.3 Å². The largest absolute Gasteiger partial charge is 0.494 e. The summed E-state index contributed by atoms with van der Waals surface area (Å²) in [6.45, 7) is 3.72. The molecule has 1 saturated carbocycles. The number of anilines is 2. The van der Waals surface area contributed by atoms with E-state index in [1.807, 2.05) is 6.92 Å². The Bertz CT molecular complexity index is 1240. The van der Waals surface area contributed by atoms with E-state index in [0.29, 0.717) is 36.6 Å². The number of carbonyl (C=O) groups is 3. The number of carbonyl (C=O) groups excluding carboxylic acids is 3. The number of amides is 3. The van der Waals surface area contributed by atoms with Crippen LogP contribution in [0.15, 0.2) is 53.4 Å². The molecule has 10 heteroatoms. The van der Waals surface area contributed by atoms with Crippen molar-refractivity contribution in [3.05, 3.63) is 48.5 Å². The molecule has 1 atom stereocenters. The summed E-state index contributed by atoms with van der Waals surface area (Å²) in [7, 11) is -4.12. The van der Waals surface area contributed by atoms with Crippen LogP contribution in [-0.2, 0) is 24.4 Å². The van der Waals surface area contributed by atoms with E-state index in [0.717, 1.165) is 30.6 Å². The van der Waals surface area contributed by atoms with Gasteiger partial charge in [0.1, 0.15) is 11.8 Å². The number of imide groups is 1. The maximum absolute atomic E-state index is 14.0. The summed E-state index contributed by atoms with van der Waals surface area (Å²) in [6, 6.07) is 11.0. The molecule has 2 aliphatic rings. The first kappa shape index (κ1) is 26.8. The van der Waals surface area contributed by atoms with Crippen LogP contribution in [0.25, 0.3) is 0 Å². The molecule has 1 heterocycles. The molecule has 37 heavy (non-hydrogen) atoms. The van der Waals surface area contributed by atoms with Gasteiger partial charge < -0.3 is 10.1 Å². The standard InChI is InChI=1S/C27H33N3O6S/c1-3-36-23-14-12-21(13-15-23)29-26(32)18-25(27(29)33)30(22-8-6-4-5-7-9-22)37(34,35)24-16-10-20(11-17-24)28-19(2)31/h10-17,22,25H,3-9,18H2,1-2H3,(H,28,31). The highest BCUT2D eigenvalue weighted by Gasteiger charge is 2.49. The van der Waals surface area contributed by atoms with E-state index >= 15 is 0 Å². The van der Waals surface area contributed by atoms with Crippen LogP contribution >= 0.6 is 0 Å². The first-order valence-electron chi connectivity index (χ1n) is 12.7. The van der Waals surface area contributed by atoms with Crippen LogP contribution in [0.5, 0.6) is 5.75 Å². The zero-order valence-electron chi connectivity index (χ0n) is 21.2. The lowest BCUT2D eigenvalue weighted by atomic mass is 10.1. The molecule has 198 valence electrons. The fraction of sp³-hybridized carbons (Fsp3) is 0.444. The number of hydrogen-bond donors (Lipinski definition) is 1. The molecule has 1 unspecified atom stereocenters. The number of nitrogens with one attached hydrogen (secondary N) is 1. The Morgan fingerprint density at radius 2 is 1.62 bits per heavy atom. The van der Waals surface area contributed by atoms with Gasteiger partial charge in [0.15, 0.2) is 0 Å². The van der Waals surface area contributed by atoms with Crippen LogP contribution < -0.4 is 15.0 Å². The predicted molar refractivity (Wildman–Crippen MR) is 140 cm³/mol. The number of sulfonamides is 1. The molecule has 0 aromatic heterocycles. The second-order valence-corrected chi connectivity index (χ2v) is 11.2. The highest BCUT2D eigenvalue weighted by molar-refractivity contribution is 7.89. The average Bonchev–Trinajstić information content (AvgIpc) is 3.02. The van der Waals surface area contributed by atoms with Crippen LogP contribution in [0.2, 0.25) is 0 Å². The Morgan fingerprint density at radius 3 is 2.19 bits per heavy atom. The van der Waals surface area contributed by atoms with Gasteiger partial charge >= 0.3 is 0 Å². The van der Waals surface area contributed by atoms with Crippen molar-refractivity contribution in [3.8, 4) is 5.75 Å². The van der Waals surface area contributed by atoms with Crippen LogP contribution in [0.3, 0.4) is 0 Å². The van der Waals surface area contributed by atoms with E-state index in [9.17, 15) is 22.8 Å². The SMILES string of the molecule is CCOc1ccc(N2C(=O)CC(N(C3CCCCCC3)S(=O)(=O)c3ccc(NC(C)=O)cc3)C2=O)cc1. The maximum Gasteiger partial charge on any atom is 0.252 e. The molecule has 1 aliphatic carbocycles. The predicted octanol–water partition coefficient (Wildman–Crippen LogP) is 4.09. The first-order chi connectivity index (χ1) is 17.7. The van der Waals surface area contributed by atoms with Gasteiger partial charge in [-0.2, -0.15) is 4.31 Å². The molecule has 9 nitrogen and oxygen atoms in total. The summed E-state index contributed by atoms with van der Waals surface area (Å²) in [5.74, 6) is -0.627. The van der Waals surface area contributed by atoms with Crippen molar-refractivity contribution in [3.63, 3.8) is 0 Å². The lowest BCUT2D eigenvalue weighted by Crippen LogP contribution is -2.50. The Morgan fingerprint density at radius 1 is 1.00 bits per heavy atom. The van der Waals surface area contributed by atoms with E-state index in [1.54, 1.807) is 24.3 Å². The zero-order valence-corrected chi connectivity index (χ0v) is 22.0. The lowest BCUT2D eigenvalue weighted by Gasteiger charge is -2.34. The monoisotopic (exact) mass is 527 g/mol. The van der Waals surface area contributed by atoms with E-state index in [-0.39, 0.29) is 23.3 Å². The second-order valence-electron chi connectivity index (χ2n) is 9.40. The molecule has 2 aromatic rings. The van der Waals surface area contributed by atoms with Crippen molar-refractivity contribution in [2.75, 3.05) is 16.8 Å². The summed E-state index contributed by atoms with van der Waals surface area (Å²) < 4.78 is 34.8. The summed E-state index contributed by atoms with van der Waals surface area (Å²) >= 11 is 0. The van der Waals surface area contributed by atoms with Crippen LogP contribution in [0, 0.1) is 0 Å². The molecule has 1 saturated heterocycles. The Labute approximate surface area is 217 Å². The van der Waals surface area contributed by atoms with Gasteiger partial charge in [0.05, 0.1) is 23.6 Å². The smallest absolute Gasteiger partial charge is 0.252 e. The normalized spacial score (nSPS) is 19.2. The third-order valence-corrected chi connectivity index (χ3v) is 8.75. The van der Waals surface area contributed by atoms with Crippen molar-refractivity contribution >= 4 is 39.1 Å². The van der Waals surface area contributed by atoms with Gasteiger partial charge in [-0.25, -0.2) is 13.3 Å². The van der Waals surface area contributed by atoms with Gasteiger partial charge in [-0.15, -0.1) is 0 Å². The lowest BCUT2D eigenvalue weighted by molar-refractivity contribution is -0.122. The molecule has 2 fully saturated rings. The molecule has 1 N–H and O–H groups in total. The van der Waals surface area contributed by atoms with E-state index in [1.165, 1.54) is 35.5 Å². The van der Waals surface area contributed by atoms with Gasteiger partial charge in [0.2, 0.25) is 21.8 Å². The van der Waals surface area contributed by atoms with Crippen molar-refractivity contribution in [2.45, 2.75) is 75.8 Å². The van der Waals surface area contributed by atoms with Gasteiger partial charge in [-0.1, -0.05) is 25.7 Å². The van der Waals surface area contributed by atoms with Gasteiger partial charge in [0.25, 0.3) is 5.91 Å². The Balaban J connectivity index is 1.68. The number of nitrogens with zero attached hydrogens (tertiary/aromatic N) is 2. The summed E-state index contributed by atoms with van der Waals surface area (Å²) in [5.41, 5.74) is 0.861.